The number of aryl methyl sites for hydroxylation is 1. The minimum atomic E-state index is -2.86. The molecule has 6 heteroatoms. The third kappa shape index (κ3) is 3.03. The number of hydrogen-bond donors (Lipinski definition) is 0. The molecule has 19 heavy (non-hydrogen) atoms. The van der Waals surface area contributed by atoms with Gasteiger partial charge in [-0.05, 0) is 32.3 Å². The zero-order valence-electron chi connectivity index (χ0n) is 11.1. The summed E-state index contributed by atoms with van der Waals surface area (Å²) >= 11 is 5.59. The third-order valence-corrected chi connectivity index (χ3v) is 5.84. The predicted molar refractivity (Wildman–Crippen MR) is 75.7 cm³/mol. The van der Waals surface area contributed by atoms with Crippen LogP contribution in [0.25, 0.3) is 0 Å². The van der Waals surface area contributed by atoms with Gasteiger partial charge < -0.3 is 4.57 Å². The van der Waals surface area contributed by atoms with Crippen molar-refractivity contribution in [3.8, 4) is 0 Å². The Morgan fingerprint density at radius 2 is 2.16 bits per heavy atom. The van der Waals surface area contributed by atoms with Gasteiger partial charge in [0.15, 0.2) is 15.6 Å². The lowest BCUT2D eigenvalue weighted by Gasteiger charge is -2.14. The molecule has 0 saturated carbocycles. The van der Waals surface area contributed by atoms with Crippen molar-refractivity contribution >= 4 is 27.2 Å². The molecule has 1 fully saturated rings. The summed E-state index contributed by atoms with van der Waals surface area (Å²) in [7, 11) is -2.86. The molecule has 1 atom stereocenters. The second kappa shape index (κ2) is 5.29. The van der Waals surface area contributed by atoms with Gasteiger partial charge in [-0.3, -0.25) is 4.79 Å². The molecular formula is C13H18ClNO3S. The maximum Gasteiger partial charge on any atom is 0.179 e. The van der Waals surface area contributed by atoms with E-state index in [2.05, 4.69) is 0 Å². The summed E-state index contributed by atoms with van der Waals surface area (Å²) in [6.45, 7) is 4.48. The van der Waals surface area contributed by atoms with Crippen LogP contribution in [0.3, 0.4) is 0 Å². The molecule has 0 bridgehead atoms. The van der Waals surface area contributed by atoms with Crippen LogP contribution in [0.1, 0.15) is 28.2 Å². The lowest BCUT2D eigenvalue weighted by Crippen LogP contribution is -2.15. The summed E-state index contributed by atoms with van der Waals surface area (Å²) in [5, 5.41) is 0. The number of aromatic nitrogens is 1. The number of Topliss-reactive ketones (excluding diaryl/α,β-unsaturated/α-hetero) is 1. The first kappa shape index (κ1) is 14.6. The van der Waals surface area contributed by atoms with Gasteiger partial charge in [-0.1, -0.05) is 0 Å². The second-order valence-electron chi connectivity index (χ2n) is 5.22. The van der Waals surface area contributed by atoms with E-state index in [-0.39, 0.29) is 29.1 Å². The van der Waals surface area contributed by atoms with Gasteiger partial charge in [-0.15, -0.1) is 11.6 Å². The van der Waals surface area contributed by atoms with Crippen LogP contribution in [-0.4, -0.2) is 36.2 Å². The third-order valence-electron chi connectivity index (χ3n) is 3.76. The van der Waals surface area contributed by atoms with E-state index < -0.39 is 9.84 Å². The first-order valence-corrected chi connectivity index (χ1v) is 8.66. The van der Waals surface area contributed by atoms with Crippen molar-refractivity contribution < 1.29 is 13.2 Å². The topological polar surface area (TPSA) is 56.1 Å². The Kier molecular flexibility index (Phi) is 4.06. The first-order valence-electron chi connectivity index (χ1n) is 6.30. The summed E-state index contributed by atoms with van der Waals surface area (Å²) in [5.74, 6) is 0.573. The van der Waals surface area contributed by atoms with Crippen LogP contribution >= 0.6 is 11.6 Å². The van der Waals surface area contributed by atoms with Gasteiger partial charge in [0.1, 0.15) is 0 Å². The van der Waals surface area contributed by atoms with Crippen molar-refractivity contribution in [2.45, 2.75) is 26.8 Å². The number of alkyl halides is 1. The SMILES string of the molecule is Cc1cc(C(=O)CCl)c(C)n1CC1CCS(=O)(=O)C1. The highest BCUT2D eigenvalue weighted by molar-refractivity contribution is 7.91. The Morgan fingerprint density at radius 3 is 2.68 bits per heavy atom. The monoisotopic (exact) mass is 303 g/mol. The van der Waals surface area contributed by atoms with Crippen molar-refractivity contribution in [2.75, 3.05) is 17.4 Å². The number of halogens is 1. The molecule has 1 unspecified atom stereocenters. The number of carbonyl (C=O) groups excluding carboxylic acids is 1. The largest absolute Gasteiger partial charge is 0.348 e. The highest BCUT2D eigenvalue weighted by atomic mass is 35.5. The number of rotatable bonds is 4. The van der Waals surface area contributed by atoms with Crippen molar-refractivity contribution in [1.29, 1.82) is 0 Å². The van der Waals surface area contributed by atoms with Crippen LogP contribution in [0.2, 0.25) is 0 Å². The Bertz CT molecular complexity index is 604. The fourth-order valence-electron chi connectivity index (χ4n) is 2.71. The first-order chi connectivity index (χ1) is 8.84. The lowest BCUT2D eigenvalue weighted by molar-refractivity contribution is 0.102. The molecule has 0 aliphatic carbocycles. The average molecular weight is 304 g/mol. The molecule has 2 heterocycles. The molecular weight excluding hydrogens is 286 g/mol. The fourth-order valence-corrected chi connectivity index (χ4v) is 4.70. The average Bonchev–Trinajstić information content (AvgIpc) is 2.82. The molecule has 1 aliphatic rings. The number of ketones is 1. The molecule has 4 nitrogen and oxygen atoms in total. The van der Waals surface area contributed by atoms with E-state index in [0.717, 1.165) is 11.4 Å². The molecule has 0 N–H and O–H groups in total. The molecule has 1 aliphatic heterocycles. The maximum absolute atomic E-state index is 11.7. The van der Waals surface area contributed by atoms with E-state index in [4.69, 9.17) is 11.6 Å². The van der Waals surface area contributed by atoms with Gasteiger partial charge in [0.2, 0.25) is 0 Å². The molecule has 0 radical (unpaired) electrons. The number of nitrogens with zero attached hydrogens (tertiary/aromatic N) is 1. The normalized spacial score (nSPS) is 21.7. The zero-order valence-corrected chi connectivity index (χ0v) is 12.7. The number of hydrogen-bond acceptors (Lipinski definition) is 3. The summed E-state index contributed by atoms with van der Waals surface area (Å²) < 4.78 is 25.0. The van der Waals surface area contributed by atoms with Gasteiger partial charge in [0, 0.05) is 23.5 Å². The smallest absolute Gasteiger partial charge is 0.179 e. The van der Waals surface area contributed by atoms with Crippen LogP contribution in [0, 0.1) is 19.8 Å². The van der Waals surface area contributed by atoms with Crippen molar-refractivity contribution in [1.82, 2.24) is 4.57 Å². The predicted octanol–water partition coefficient (Wildman–Crippen LogP) is 1.96. The van der Waals surface area contributed by atoms with E-state index in [1.54, 1.807) is 0 Å². The van der Waals surface area contributed by atoms with Gasteiger partial charge in [0.05, 0.1) is 17.4 Å². The van der Waals surface area contributed by atoms with Crippen molar-refractivity contribution in [2.24, 2.45) is 5.92 Å². The van der Waals surface area contributed by atoms with E-state index in [1.807, 2.05) is 24.5 Å². The maximum atomic E-state index is 11.7. The Labute approximate surface area is 118 Å². The molecule has 1 saturated heterocycles. The lowest BCUT2D eigenvalue weighted by atomic mass is 10.1. The highest BCUT2D eigenvalue weighted by Crippen LogP contribution is 2.24. The number of sulfone groups is 1. The molecule has 0 spiro atoms. The standard InChI is InChI=1S/C13H18ClNO3S/c1-9-5-12(13(16)6-14)10(2)15(9)7-11-3-4-19(17,18)8-11/h5,11H,3-4,6-8H2,1-2H3. The second-order valence-corrected chi connectivity index (χ2v) is 7.72. The summed E-state index contributed by atoms with van der Waals surface area (Å²) in [4.78, 5) is 11.7. The highest BCUT2D eigenvalue weighted by Gasteiger charge is 2.29. The van der Waals surface area contributed by atoms with Crippen LogP contribution in [0.15, 0.2) is 6.07 Å². The molecule has 0 amide bonds. The van der Waals surface area contributed by atoms with Gasteiger partial charge >= 0.3 is 0 Å². The molecule has 1 aromatic rings. The van der Waals surface area contributed by atoms with Gasteiger partial charge in [-0.2, -0.15) is 0 Å². The molecule has 2 rings (SSSR count). The van der Waals surface area contributed by atoms with E-state index >= 15 is 0 Å². The van der Waals surface area contributed by atoms with Crippen LogP contribution in [-0.2, 0) is 16.4 Å². The van der Waals surface area contributed by atoms with E-state index in [9.17, 15) is 13.2 Å². The van der Waals surface area contributed by atoms with E-state index in [0.29, 0.717) is 18.5 Å². The minimum Gasteiger partial charge on any atom is -0.348 e. The Morgan fingerprint density at radius 1 is 1.47 bits per heavy atom. The minimum absolute atomic E-state index is 0.0257. The molecule has 0 aromatic carbocycles. The van der Waals surface area contributed by atoms with Crippen molar-refractivity contribution in [3.63, 3.8) is 0 Å². The summed E-state index contributed by atoms with van der Waals surface area (Å²) in [6, 6.07) is 1.84. The van der Waals surface area contributed by atoms with Crippen LogP contribution in [0.5, 0.6) is 0 Å². The zero-order chi connectivity index (χ0) is 14.2. The van der Waals surface area contributed by atoms with Gasteiger partial charge in [-0.25, -0.2) is 8.42 Å². The summed E-state index contributed by atoms with van der Waals surface area (Å²) in [5.41, 5.74) is 2.51. The molecule has 106 valence electrons. The quantitative estimate of drug-likeness (QED) is 0.631. The molecule has 1 aromatic heterocycles. The Balaban J connectivity index is 2.22. The fraction of sp³-hybridized carbons (Fsp3) is 0.615. The van der Waals surface area contributed by atoms with Crippen LogP contribution < -0.4 is 0 Å². The Hall–Kier alpha value is -0.810. The number of carbonyl (C=O) groups is 1. The van der Waals surface area contributed by atoms with Crippen LogP contribution in [0.4, 0.5) is 0 Å². The van der Waals surface area contributed by atoms with Crippen molar-refractivity contribution in [3.05, 3.63) is 23.0 Å². The summed E-state index contributed by atoms with van der Waals surface area (Å²) in [6.07, 6.45) is 0.707. The van der Waals surface area contributed by atoms with Gasteiger partial charge in [0.25, 0.3) is 0 Å². The van der Waals surface area contributed by atoms with E-state index in [1.165, 1.54) is 0 Å².